The summed E-state index contributed by atoms with van der Waals surface area (Å²) < 4.78 is 40.5. The summed E-state index contributed by atoms with van der Waals surface area (Å²) in [5.74, 6) is -3.21. The van der Waals surface area contributed by atoms with Gasteiger partial charge in [-0.3, -0.25) is 4.98 Å². The van der Waals surface area contributed by atoms with E-state index in [-0.39, 0.29) is 24.1 Å². The Morgan fingerprint density at radius 3 is 2.72 bits per heavy atom. The second kappa shape index (κ2) is 3.97. The molecule has 0 N–H and O–H groups in total. The van der Waals surface area contributed by atoms with Gasteiger partial charge in [-0.1, -0.05) is 0 Å². The number of rotatable bonds is 1. The first-order chi connectivity index (χ1) is 8.49. The Bertz CT molecular complexity index is 472. The zero-order valence-electron chi connectivity index (χ0n) is 10.3. The Kier molecular flexibility index (Phi) is 2.65. The molecule has 0 aliphatic heterocycles. The van der Waals surface area contributed by atoms with Gasteiger partial charge in [0, 0.05) is 24.0 Å². The van der Waals surface area contributed by atoms with Gasteiger partial charge >= 0.3 is 0 Å². The molecule has 0 spiro atoms. The van der Waals surface area contributed by atoms with E-state index in [0.29, 0.717) is 18.5 Å². The molecule has 1 aromatic heterocycles. The molecule has 2 saturated carbocycles. The van der Waals surface area contributed by atoms with Crippen molar-refractivity contribution in [2.45, 2.75) is 44.4 Å². The second-order valence-electron chi connectivity index (χ2n) is 5.56. The first kappa shape index (κ1) is 12.0. The van der Waals surface area contributed by atoms with Gasteiger partial charge in [0.05, 0.1) is 5.69 Å². The number of aromatic nitrogens is 1. The maximum absolute atomic E-state index is 13.7. The summed E-state index contributed by atoms with van der Waals surface area (Å²) in [6, 6.07) is 3.06. The highest BCUT2D eigenvalue weighted by Gasteiger charge is 2.55. The van der Waals surface area contributed by atoms with Crippen molar-refractivity contribution in [3.8, 4) is 0 Å². The van der Waals surface area contributed by atoms with Crippen molar-refractivity contribution >= 4 is 0 Å². The molecular weight excluding hydrogens is 239 g/mol. The first-order valence-corrected chi connectivity index (χ1v) is 6.50. The van der Waals surface area contributed by atoms with Crippen LogP contribution in [-0.2, 0) is 0 Å². The Morgan fingerprint density at radius 1 is 1.22 bits per heavy atom. The summed E-state index contributed by atoms with van der Waals surface area (Å²) in [6.45, 7) is 1.62. The molecule has 0 saturated heterocycles. The normalized spacial score (nSPS) is 33.7. The highest BCUT2D eigenvalue weighted by Crippen LogP contribution is 2.57. The molecule has 18 heavy (non-hydrogen) atoms. The number of alkyl halides is 2. The highest BCUT2D eigenvalue weighted by atomic mass is 19.3. The molecule has 4 heteroatoms. The number of aryl methyl sites for hydroxylation is 1. The zero-order valence-corrected chi connectivity index (χ0v) is 10.3. The minimum absolute atomic E-state index is 0.000982. The van der Waals surface area contributed by atoms with Gasteiger partial charge in [-0.25, -0.2) is 13.2 Å². The fraction of sp³-hybridized carbons (Fsp3) is 0.643. The van der Waals surface area contributed by atoms with Crippen LogP contribution < -0.4 is 0 Å². The summed E-state index contributed by atoms with van der Waals surface area (Å²) in [7, 11) is 0. The van der Waals surface area contributed by atoms with Crippen LogP contribution in [0.15, 0.2) is 12.1 Å². The SMILES string of the molecule is Cc1nc(C2CC[C@H]3[C@@H]2CCC3(F)F)ccc1F. The molecule has 0 bridgehead atoms. The summed E-state index contributed by atoms with van der Waals surface area (Å²) in [5.41, 5.74) is 1.15. The van der Waals surface area contributed by atoms with Crippen molar-refractivity contribution in [3.05, 3.63) is 29.3 Å². The lowest BCUT2D eigenvalue weighted by atomic mass is 9.89. The molecule has 1 unspecified atom stereocenters. The Labute approximate surface area is 104 Å². The summed E-state index contributed by atoms with van der Waals surface area (Å²) in [6.07, 6.45) is 1.89. The van der Waals surface area contributed by atoms with Crippen molar-refractivity contribution in [1.82, 2.24) is 4.98 Å². The molecule has 2 aliphatic rings. The molecule has 1 nitrogen and oxygen atoms in total. The zero-order chi connectivity index (χ0) is 12.9. The molecule has 3 rings (SSSR count). The molecule has 1 aromatic rings. The standard InChI is InChI=1S/C14H16F3N/c1-8-12(15)4-5-13(18-8)10-2-3-11-9(10)6-7-14(11,16)17/h4-5,9-11H,2-3,6-7H2,1H3/t9-,10?,11+/m1/s1. The molecule has 0 amide bonds. The van der Waals surface area contributed by atoms with Crippen molar-refractivity contribution in [2.24, 2.45) is 11.8 Å². The van der Waals surface area contributed by atoms with E-state index in [9.17, 15) is 13.2 Å². The third-order valence-electron chi connectivity index (χ3n) is 4.60. The van der Waals surface area contributed by atoms with Crippen LogP contribution in [0.2, 0.25) is 0 Å². The smallest absolute Gasteiger partial charge is 0.251 e. The number of fused-ring (bicyclic) bond motifs is 1. The number of pyridine rings is 1. The van der Waals surface area contributed by atoms with Crippen LogP contribution in [0.1, 0.15) is 43.0 Å². The fourth-order valence-electron chi connectivity index (χ4n) is 3.68. The van der Waals surface area contributed by atoms with Crippen LogP contribution in [0.5, 0.6) is 0 Å². The summed E-state index contributed by atoms with van der Waals surface area (Å²) in [4.78, 5) is 4.24. The molecule has 1 heterocycles. The maximum atomic E-state index is 13.7. The molecular formula is C14H16F3N. The second-order valence-corrected chi connectivity index (χ2v) is 5.56. The number of halogens is 3. The van der Waals surface area contributed by atoms with E-state index in [4.69, 9.17) is 0 Å². The predicted molar refractivity (Wildman–Crippen MR) is 62.1 cm³/mol. The van der Waals surface area contributed by atoms with E-state index in [1.54, 1.807) is 13.0 Å². The number of hydrogen-bond donors (Lipinski definition) is 0. The lowest BCUT2D eigenvalue weighted by molar-refractivity contribution is -0.0409. The maximum Gasteiger partial charge on any atom is 0.251 e. The van der Waals surface area contributed by atoms with Gasteiger partial charge in [0.25, 0.3) is 5.92 Å². The van der Waals surface area contributed by atoms with Crippen molar-refractivity contribution in [2.75, 3.05) is 0 Å². The minimum atomic E-state index is -2.51. The molecule has 2 fully saturated rings. The third kappa shape index (κ3) is 1.73. The van der Waals surface area contributed by atoms with Gasteiger partial charge in [-0.05, 0) is 44.2 Å². The van der Waals surface area contributed by atoms with Crippen LogP contribution in [0.3, 0.4) is 0 Å². The molecule has 98 valence electrons. The van der Waals surface area contributed by atoms with Gasteiger partial charge in [0.15, 0.2) is 0 Å². The van der Waals surface area contributed by atoms with E-state index in [1.807, 2.05) is 0 Å². The third-order valence-corrected chi connectivity index (χ3v) is 4.60. The lowest BCUT2D eigenvalue weighted by Crippen LogP contribution is -2.23. The first-order valence-electron chi connectivity index (χ1n) is 6.50. The minimum Gasteiger partial charge on any atom is -0.255 e. The van der Waals surface area contributed by atoms with Gasteiger partial charge in [-0.2, -0.15) is 0 Å². The van der Waals surface area contributed by atoms with Gasteiger partial charge in [0.1, 0.15) is 5.82 Å². The molecule has 2 aliphatic carbocycles. The number of nitrogens with zero attached hydrogens (tertiary/aromatic N) is 1. The van der Waals surface area contributed by atoms with Crippen LogP contribution in [0, 0.1) is 24.6 Å². The summed E-state index contributed by atoms with van der Waals surface area (Å²) in [5, 5.41) is 0. The Hall–Kier alpha value is -1.06. The van der Waals surface area contributed by atoms with E-state index in [0.717, 1.165) is 12.1 Å². The average Bonchev–Trinajstić information content (AvgIpc) is 2.85. The van der Waals surface area contributed by atoms with E-state index < -0.39 is 11.8 Å². The van der Waals surface area contributed by atoms with Gasteiger partial charge in [-0.15, -0.1) is 0 Å². The summed E-state index contributed by atoms with van der Waals surface area (Å²) >= 11 is 0. The van der Waals surface area contributed by atoms with Crippen LogP contribution in [0.25, 0.3) is 0 Å². The van der Waals surface area contributed by atoms with Crippen molar-refractivity contribution in [3.63, 3.8) is 0 Å². The van der Waals surface area contributed by atoms with Crippen LogP contribution in [-0.4, -0.2) is 10.9 Å². The molecule has 0 aromatic carbocycles. The van der Waals surface area contributed by atoms with Crippen molar-refractivity contribution in [1.29, 1.82) is 0 Å². The van der Waals surface area contributed by atoms with Gasteiger partial charge in [0.2, 0.25) is 0 Å². The monoisotopic (exact) mass is 255 g/mol. The fourth-order valence-corrected chi connectivity index (χ4v) is 3.68. The number of hydrogen-bond acceptors (Lipinski definition) is 1. The Morgan fingerprint density at radius 2 is 2.00 bits per heavy atom. The van der Waals surface area contributed by atoms with Crippen LogP contribution >= 0.6 is 0 Å². The molecule has 3 atom stereocenters. The van der Waals surface area contributed by atoms with E-state index in [2.05, 4.69) is 4.98 Å². The largest absolute Gasteiger partial charge is 0.255 e. The molecule has 0 radical (unpaired) electrons. The Balaban J connectivity index is 1.88. The van der Waals surface area contributed by atoms with Gasteiger partial charge < -0.3 is 0 Å². The van der Waals surface area contributed by atoms with Crippen LogP contribution in [0.4, 0.5) is 13.2 Å². The van der Waals surface area contributed by atoms with Crippen molar-refractivity contribution < 1.29 is 13.2 Å². The highest BCUT2D eigenvalue weighted by molar-refractivity contribution is 5.19. The predicted octanol–water partition coefficient (Wildman–Crippen LogP) is 4.07. The quantitative estimate of drug-likeness (QED) is 0.737. The van der Waals surface area contributed by atoms with E-state index in [1.165, 1.54) is 6.07 Å². The van der Waals surface area contributed by atoms with E-state index >= 15 is 0 Å². The average molecular weight is 255 g/mol. The topological polar surface area (TPSA) is 12.9 Å². The lowest BCUT2D eigenvalue weighted by Gasteiger charge is -2.20.